The maximum Gasteiger partial charge on any atom is 0.240 e. The second kappa shape index (κ2) is 5.31. The molecule has 4 saturated carbocycles. The summed E-state index contributed by atoms with van der Waals surface area (Å²) in [5.41, 5.74) is 2.13. The van der Waals surface area contributed by atoms with E-state index in [-0.39, 0.29) is 11.3 Å². The van der Waals surface area contributed by atoms with Crippen LogP contribution in [-0.4, -0.2) is 12.0 Å². The van der Waals surface area contributed by atoms with Gasteiger partial charge in [-0.15, -0.1) is 0 Å². The van der Waals surface area contributed by atoms with Crippen molar-refractivity contribution >= 4 is 23.4 Å². The van der Waals surface area contributed by atoms with Gasteiger partial charge in [0.25, 0.3) is 0 Å². The summed E-state index contributed by atoms with van der Waals surface area (Å²) in [7, 11) is 0. The fourth-order valence-electron chi connectivity index (χ4n) is 5.51. The van der Waals surface area contributed by atoms with E-state index in [1.165, 1.54) is 19.3 Å². The zero-order valence-corrected chi connectivity index (χ0v) is 13.5. The number of rotatable bonds is 3. The van der Waals surface area contributed by atoms with E-state index >= 15 is 0 Å². The summed E-state index contributed by atoms with van der Waals surface area (Å²) in [5, 5.41) is 3.14. The van der Waals surface area contributed by atoms with Crippen LogP contribution in [0.15, 0.2) is 23.2 Å². The summed E-state index contributed by atoms with van der Waals surface area (Å²) in [6, 6.07) is 5.41. The van der Waals surface area contributed by atoms with E-state index in [2.05, 4.69) is 10.3 Å². The monoisotopic (exact) mass is 310 g/mol. The third kappa shape index (κ3) is 2.51. The molecule has 4 bridgehead atoms. The molecule has 1 aromatic rings. The zero-order valence-electron chi connectivity index (χ0n) is 13.5. The number of amides is 1. The molecule has 0 aromatic heterocycles. The molecular formula is C19H22N2O2. The minimum absolute atomic E-state index is 0.162. The maximum atomic E-state index is 13.1. The number of hydrogen-bond donors (Lipinski definition) is 1. The highest BCUT2D eigenvalue weighted by Crippen LogP contribution is 2.60. The molecule has 23 heavy (non-hydrogen) atoms. The van der Waals surface area contributed by atoms with Gasteiger partial charge >= 0.3 is 0 Å². The van der Waals surface area contributed by atoms with E-state index in [0.717, 1.165) is 48.3 Å². The second-order valence-electron chi connectivity index (χ2n) is 7.85. The van der Waals surface area contributed by atoms with Crippen LogP contribution < -0.4 is 5.32 Å². The lowest BCUT2D eigenvalue weighted by molar-refractivity contribution is -0.140. The lowest BCUT2D eigenvalue weighted by Gasteiger charge is -2.55. The van der Waals surface area contributed by atoms with Crippen LogP contribution in [0.2, 0.25) is 0 Å². The molecule has 0 atom stereocenters. The molecule has 0 unspecified atom stereocenters. The highest BCUT2D eigenvalue weighted by Gasteiger charge is 2.54. The number of benzene rings is 1. The van der Waals surface area contributed by atoms with Gasteiger partial charge < -0.3 is 5.32 Å². The number of isocyanates is 1. The first-order valence-electron chi connectivity index (χ1n) is 8.58. The summed E-state index contributed by atoms with van der Waals surface area (Å²) < 4.78 is 0. The van der Waals surface area contributed by atoms with E-state index in [4.69, 9.17) is 0 Å². The Hall–Kier alpha value is -1.93. The first-order chi connectivity index (χ1) is 11.1. The Morgan fingerprint density at radius 1 is 1.17 bits per heavy atom. The van der Waals surface area contributed by atoms with Crippen molar-refractivity contribution in [3.05, 3.63) is 23.8 Å². The molecule has 4 aliphatic rings. The fraction of sp³-hybridized carbons (Fsp3) is 0.579. The topological polar surface area (TPSA) is 58.5 Å². The predicted octanol–water partition coefficient (Wildman–Crippen LogP) is 4.12. The highest BCUT2D eigenvalue weighted by molar-refractivity contribution is 5.96. The molecule has 5 rings (SSSR count). The third-order valence-electron chi connectivity index (χ3n) is 6.16. The van der Waals surface area contributed by atoms with Gasteiger partial charge in [0.05, 0.1) is 11.1 Å². The summed E-state index contributed by atoms with van der Waals surface area (Å²) >= 11 is 0. The molecule has 4 heteroatoms. The highest BCUT2D eigenvalue weighted by atomic mass is 16.2. The molecule has 4 aliphatic carbocycles. The molecule has 1 amide bonds. The molecule has 0 aliphatic heterocycles. The first-order valence-corrected chi connectivity index (χ1v) is 8.58. The number of nitrogens with zero attached hydrogens (tertiary/aromatic N) is 1. The van der Waals surface area contributed by atoms with E-state index in [1.807, 2.05) is 13.0 Å². The normalized spacial score (nSPS) is 34.0. The Balaban J connectivity index is 1.58. The van der Waals surface area contributed by atoms with Crippen molar-refractivity contribution in [2.45, 2.75) is 45.4 Å². The summed E-state index contributed by atoms with van der Waals surface area (Å²) in [4.78, 5) is 27.2. The Morgan fingerprint density at radius 3 is 2.35 bits per heavy atom. The number of anilines is 1. The molecule has 120 valence electrons. The van der Waals surface area contributed by atoms with E-state index in [9.17, 15) is 9.59 Å². The first kappa shape index (κ1) is 14.6. The van der Waals surface area contributed by atoms with Crippen LogP contribution in [-0.2, 0) is 9.59 Å². The molecule has 4 fully saturated rings. The molecule has 1 N–H and O–H groups in total. The third-order valence-corrected chi connectivity index (χ3v) is 6.16. The number of carbonyl (C=O) groups excluding carboxylic acids is 2. The molecule has 0 saturated heterocycles. The van der Waals surface area contributed by atoms with Gasteiger partial charge in [0.15, 0.2) is 0 Å². The zero-order chi connectivity index (χ0) is 16.0. The van der Waals surface area contributed by atoms with Gasteiger partial charge in [-0.1, -0.05) is 6.07 Å². The van der Waals surface area contributed by atoms with Gasteiger partial charge in [-0.05, 0) is 80.9 Å². The predicted molar refractivity (Wildman–Crippen MR) is 88.2 cm³/mol. The average molecular weight is 310 g/mol. The summed E-state index contributed by atoms with van der Waals surface area (Å²) in [6.07, 6.45) is 8.70. The number of carbonyl (C=O) groups is 1. The van der Waals surface area contributed by atoms with Crippen LogP contribution in [0, 0.1) is 30.1 Å². The van der Waals surface area contributed by atoms with Gasteiger partial charge in [0.1, 0.15) is 0 Å². The van der Waals surface area contributed by atoms with Crippen molar-refractivity contribution in [3.63, 3.8) is 0 Å². The summed E-state index contributed by atoms with van der Waals surface area (Å²) in [5.74, 6) is 2.42. The van der Waals surface area contributed by atoms with E-state index in [1.54, 1.807) is 18.2 Å². The van der Waals surface area contributed by atoms with Crippen LogP contribution in [0.3, 0.4) is 0 Å². The Labute approximate surface area is 136 Å². The standard InChI is InChI=1S/C19H22N2O2/c1-12-2-3-16(20-11-22)7-17(12)21-18(23)19-8-13-4-14(9-19)6-15(5-13)10-19/h2-3,7,13-15H,4-6,8-10H2,1H3,(H,21,23). The quantitative estimate of drug-likeness (QED) is 0.674. The lowest BCUT2D eigenvalue weighted by atomic mass is 9.49. The minimum atomic E-state index is -0.162. The van der Waals surface area contributed by atoms with Crippen molar-refractivity contribution < 1.29 is 9.59 Å². The number of aliphatic imine (C=N–C) groups is 1. The van der Waals surface area contributed by atoms with Crippen molar-refractivity contribution in [2.24, 2.45) is 28.2 Å². The Kier molecular flexibility index (Phi) is 3.38. The molecule has 0 radical (unpaired) electrons. The lowest BCUT2D eigenvalue weighted by Crippen LogP contribution is -2.51. The van der Waals surface area contributed by atoms with Gasteiger partial charge in [0.2, 0.25) is 12.0 Å². The molecular weight excluding hydrogens is 288 g/mol. The molecule has 4 nitrogen and oxygen atoms in total. The Bertz CT molecular complexity index is 668. The number of aryl methyl sites for hydroxylation is 1. The van der Waals surface area contributed by atoms with Gasteiger partial charge in [-0.25, -0.2) is 4.79 Å². The molecule has 1 aromatic carbocycles. The van der Waals surface area contributed by atoms with Gasteiger partial charge in [0, 0.05) is 5.69 Å². The SMILES string of the molecule is Cc1ccc(N=C=O)cc1NC(=O)C12CC3CC(CC(C3)C1)C2. The smallest absolute Gasteiger partial charge is 0.240 e. The largest absolute Gasteiger partial charge is 0.325 e. The van der Waals surface area contributed by atoms with E-state index in [0.29, 0.717) is 5.69 Å². The maximum absolute atomic E-state index is 13.1. The second-order valence-corrected chi connectivity index (χ2v) is 7.85. The van der Waals surface area contributed by atoms with Crippen LogP contribution in [0.5, 0.6) is 0 Å². The van der Waals surface area contributed by atoms with E-state index < -0.39 is 0 Å². The van der Waals surface area contributed by atoms with Crippen LogP contribution in [0.25, 0.3) is 0 Å². The number of hydrogen-bond acceptors (Lipinski definition) is 3. The minimum Gasteiger partial charge on any atom is -0.325 e. The average Bonchev–Trinajstić information content (AvgIpc) is 2.49. The fourth-order valence-corrected chi connectivity index (χ4v) is 5.51. The van der Waals surface area contributed by atoms with Crippen LogP contribution >= 0.6 is 0 Å². The molecule has 0 heterocycles. The number of nitrogens with one attached hydrogen (secondary N) is 1. The van der Waals surface area contributed by atoms with Crippen LogP contribution in [0.4, 0.5) is 11.4 Å². The van der Waals surface area contributed by atoms with Crippen molar-refractivity contribution in [1.82, 2.24) is 0 Å². The van der Waals surface area contributed by atoms with Crippen LogP contribution in [0.1, 0.15) is 44.1 Å². The molecule has 0 spiro atoms. The van der Waals surface area contributed by atoms with Crippen molar-refractivity contribution in [2.75, 3.05) is 5.32 Å². The van der Waals surface area contributed by atoms with Gasteiger partial charge in [-0.2, -0.15) is 4.99 Å². The van der Waals surface area contributed by atoms with Crippen molar-refractivity contribution in [1.29, 1.82) is 0 Å². The van der Waals surface area contributed by atoms with Gasteiger partial charge in [-0.3, -0.25) is 4.79 Å². The van der Waals surface area contributed by atoms with Crippen molar-refractivity contribution in [3.8, 4) is 0 Å². The summed E-state index contributed by atoms with van der Waals surface area (Å²) in [6.45, 7) is 1.96. The Morgan fingerprint density at radius 2 is 1.78 bits per heavy atom.